The summed E-state index contributed by atoms with van der Waals surface area (Å²) in [5, 5.41) is 0. The highest BCUT2D eigenvalue weighted by atomic mass is 32.2. The minimum atomic E-state index is -0.0625. The fourth-order valence-corrected chi connectivity index (χ4v) is 1.14. The van der Waals surface area contributed by atoms with Gasteiger partial charge in [0.25, 0.3) is 0 Å². The monoisotopic (exact) mass is 135 g/mol. The van der Waals surface area contributed by atoms with Crippen molar-refractivity contribution in [3.05, 3.63) is 0 Å². The highest BCUT2D eigenvalue weighted by Crippen LogP contribution is 2.07. The Kier molecular flexibility index (Phi) is 1.48. The van der Waals surface area contributed by atoms with Crippen LogP contribution in [0.1, 0.15) is 0 Å². The van der Waals surface area contributed by atoms with E-state index in [0.717, 1.165) is 0 Å². The molecular formula is C2H5N3S2. The molecule has 4 N–H and O–H groups in total. The average molecular weight is 135 g/mol. The van der Waals surface area contributed by atoms with Crippen molar-refractivity contribution in [1.82, 2.24) is 10.9 Å². The van der Waals surface area contributed by atoms with E-state index in [9.17, 15) is 0 Å². The zero-order valence-corrected chi connectivity index (χ0v) is 5.10. The largest absolute Gasteiger partial charge is 0.306 e. The molecule has 1 saturated heterocycles. The number of thiocarbonyl (C=S) groups is 1. The van der Waals surface area contributed by atoms with Crippen LogP contribution in [-0.2, 0) is 0 Å². The van der Waals surface area contributed by atoms with Crippen LogP contribution in [0, 0.1) is 0 Å². The topological polar surface area (TPSA) is 50.1 Å². The predicted molar refractivity (Wildman–Crippen MR) is 34.4 cm³/mol. The van der Waals surface area contributed by atoms with Crippen LogP contribution in [0.2, 0.25) is 0 Å². The minimum absolute atomic E-state index is 0.0625. The van der Waals surface area contributed by atoms with Crippen molar-refractivity contribution in [3.63, 3.8) is 0 Å². The zero-order valence-electron chi connectivity index (χ0n) is 3.47. The summed E-state index contributed by atoms with van der Waals surface area (Å²) in [6.07, 6.45) is 0. The summed E-state index contributed by atoms with van der Waals surface area (Å²) < 4.78 is 0.715. The molecule has 0 radical (unpaired) electrons. The summed E-state index contributed by atoms with van der Waals surface area (Å²) in [7, 11) is 0. The van der Waals surface area contributed by atoms with Crippen LogP contribution >= 0.6 is 24.0 Å². The molecule has 7 heavy (non-hydrogen) atoms. The van der Waals surface area contributed by atoms with E-state index in [4.69, 9.17) is 18.0 Å². The lowest BCUT2D eigenvalue weighted by molar-refractivity contribution is 0.659. The second-order valence-electron chi connectivity index (χ2n) is 1.10. The van der Waals surface area contributed by atoms with Gasteiger partial charge in [-0.2, -0.15) is 0 Å². The van der Waals surface area contributed by atoms with E-state index in [1.54, 1.807) is 0 Å². The van der Waals surface area contributed by atoms with Crippen LogP contribution in [0.4, 0.5) is 0 Å². The van der Waals surface area contributed by atoms with Gasteiger partial charge in [-0.25, -0.2) is 5.43 Å². The van der Waals surface area contributed by atoms with Gasteiger partial charge in [0.2, 0.25) is 0 Å². The van der Waals surface area contributed by atoms with Crippen LogP contribution in [-0.4, -0.2) is 9.82 Å². The van der Waals surface area contributed by atoms with E-state index in [-0.39, 0.29) is 5.50 Å². The van der Waals surface area contributed by atoms with Crippen LogP contribution in [0.3, 0.4) is 0 Å². The number of nitrogens with two attached hydrogens (primary N) is 1. The predicted octanol–water partition coefficient (Wildman–Crippen LogP) is -0.645. The van der Waals surface area contributed by atoms with Crippen molar-refractivity contribution in [2.75, 3.05) is 0 Å². The average Bonchev–Trinajstić information content (AvgIpc) is 1.87. The van der Waals surface area contributed by atoms with Gasteiger partial charge in [-0.3, -0.25) is 0 Å². The first-order chi connectivity index (χ1) is 3.29. The lowest BCUT2D eigenvalue weighted by Crippen LogP contribution is -2.35. The zero-order chi connectivity index (χ0) is 5.28. The molecule has 1 fully saturated rings. The number of rotatable bonds is 0. The second-order valence-corrected chi connectivity index (χ2v) is 2.91. The summed E-state index contributed by atoms with van der Waals surface area (Å²) in [5.74, 6) is 0. The maximum atomic E-state index is 5.33. The molecule has 3 nitrogen and oxygen atoms in total. The van der Waals surface area contributed by atoms with Gasteiger partial charge in [0.1, 0.15) is 5.50 Å². The van der Waals surface area contributed by atoms with Gasteiger partial charge in [-0.05, 0) is 0 Å². The van der Waals surface area contributed by atoms with Crippen LogP contribution in [0.5, 0.6) is 0 Å². The van der Waals surface area contributed by atoms with Crippen molar-refractivity contribution in [2.24, 2.45) is 5.73 Å². The third kappa shape index (κ3) is 1.27. The third-order valence-corrected chi connectivity index (χ3v) is 1.63. The van der Waals surface area contributed by atoms with Crippen LogP contribution in [0.25, 0.3) is 0 Å². The number of hydrogen-bond acceptors (Lipinski definition) is 4. The van der Waals surface area contributed by atoms with Crippen molar-refractivity contribution in [1.29, 1.82) is 0 Å². The van der Waals surface area contributed by atoms with Gasteiger partial charge in [-0.15, -0.1) is 0 Å². The van der Waals surface area contributed by atoms with Gasteiger partial charge in [0.05, 0.1) is 0 Å². The van der Waals surface area contributed by atoms with Crippen molar-refractivity contribution in [2.45, 2.75) is 5.50 Å². The Morgan fingerprint density at radius 1 is 1.86 bits per heavy atom. The van der Waals surface area contributed by atoms with E-state index in [1.807, 2.05) is 0 Å². The molecule has 0 saturated carbocycles. The normalized spacial score (nSPS) is 30.4. The Balaban J connectivity index is 2.40. The summed E-state index contributed by atoms with van der Waals surface area (Å²) in [5.41, 5.74) is 10.7. The van der Waals surface area contributed by atoms with E-state index < -0.39 is 0 Å². The molecule has 0 aromatic heterocycles. The van der Waals surface area contributed by atoms with Crippen LogP contribution in [0.15, 0.2) is 0 Å². The summed E-state index contributed by atoms with van der Waals surface area (Å²) >= 11 is 6.11. The van der Waals surface area contributed by atoms with E-state index in [1.165, 1.54) is 11.8 Å². The van der Waals surface area contributed by atoms with Gasteiger partial charge < -0.3 is 11.2 Å². The Hall–Kier alpha value is 0.160. The SMILES string of the molecule is NC1NNC(=S)S1. The molecule has 5 heteroatoms. The molecule has 0 aliphatic carbocycles. The molecule has 0 bridgehead atoms. The molecule has 1 aliphatic heterocycles. The molecule has 1 rings (SSSR count). The first-order valence-electron chi connectivity index (χ1n) is 1.77. The second kappa shape index (κ2) is 1.95. The summed E-state index contributed by atoms with van der Waals surface area (Å²) in [6, 6.07) is 0. The maximum absolute atomic E-state index is 5.33. The number of nitrogens with one attached hydrogen (secondary N) is 2. The smallest absolute Gasteiger partial charge is 0.150 e. The lowest BCUT2D eigenvalue weighted by atomic mass is 11.2. The Labute approximate surface area is 51.0 Å². The first kappa shape index (κ1) is 5.30. The molecule has 0 spiro atoms. The molecule has 40 valence electrons. The van der Waals surface area contributed by atoms with E-state index in [2.05, 4.69) is 10.9 Å². The molecule has 1 heterocycles. The lowest BCUT2D eigenvalue weighted by Gasteiger charge is -1.93. The van der Waals surface area contributed by atoms with Crippen molar-refractivity contribution >= 4 is 28.3 Å². The molecule has 0 aromatic rings. The maximum Gasteiger partial charge on any atom is 0.150 e. The van der Waals surface area contributed by atoms with Crippen LogP contribution < -0.4 is 16.6 Å². The minimum Gasteiger partial charge on any atom is -0.306 e. The highest BCUT2D eigenvalue weighted by Gasteiger charge is 2.12. The Morgan fingerprint density at radius 3 is 2.71 bits per heavy atom. The molecule has 1 atom stereocenters. The van der Waals surface area contributed by atoms with Gasteiger partial charge in [-0.1, -0.05) is 24.0 Å². The standard InChI is InChI=1S/C2H5N3S2/c3-1-4-5-2(6)7-1/h1,4H,3H2,(H,5,6). The van der Waals surface area contributed by atoms with Crippen molar-refractivity contribution < 1.29 is 0 Å². The Morgan fingerprint density at radius 2 is 2.57 bits per heavy atom. The highest BCUT2D eigenvalue weighted by molar-refractivity contribution is 8.23. The first-order valence-corrected chi connectivity index (χ1v) is 3.05. The molecule has 0 amide bonds. The molecule has 1 unspecified atom stereocenters. The van der Waals surface area contributed by atoms with Gasteiger partial charge >= 0.3 is 0 Å². The fourth-order valence-electron chi connectivity index (χ4n) is 0.304. The number of hydrogen-bond donors (Lipinski definition) is 3. The molecular weight excluding hydrogens is 130 g/mol. The number of thioether (sulfide) groups is 1. The van der Waals surface area contributed by atoms with E-state index in [0.29, 0.717) is 4.32 Å². The van der Waals surface area contributed by atoms with Gasteiger partial charge in [0, 0.05) is 0 Å². The number of hydrazine groups is 1. The fraction of sp³-hybridized carbons (Fsp3) is 0.500. The summed E-state index contributed by atoms with van der Waals surface area (Å²) in [6.45, 7) is 0. The van der Waals surface area contributed by atoms with Gasteiger partial charge in [0.15, 0.2) is 4.32 Å². The van der Waals surface area contributed by atoms with E-state index >= 15 is 0 Å². The van der Waals surface area contributed by atoms with Crippen molar-refractivity contribution in [3.8, 4) is 0 Å². The quantitative estimate of drug-likeness (QED) is 0.386. The molecule has 0 aromatic carbocycles. The Bertz CT molecular complexity index is 92.9. The molecule has 1 aliphatic rings. The third-order valence-electron chi connectivity index (χ3n) is 0.550. The summed E-state index contributed by atoms with van der Waals surface area (Å²) in [4.78, 5) is 0.